The van der Waals surface area contributed by atoms with Gasteiger partial charge in [-0.2, -0.15) is 0 Å². The van der Waals surface area contributed by atoms with E-state index in [1.165, 1.54) is 25.7 Å². The highest BCUT2D eigenvalue weighted by Gasteiger charge is 2.67. The molecule has 238 valence electrons. The van der Waals surface area contributed by atoms with Gasteiger partial charge < -0.3 is 9.84 Å². The Labute approximate surface area is 265 Å². The molecule has 10 heteroatoms. The number of unbranched alkanes of at least 4 members (excludes halogenated alkanes) is 1. The number of aromatic nitrogens is 1. The first-order chi connectivity index (χ1) is 21.6. The summed E-state index contributed by atoms with van der Waals surface area (Å²) in [6, 6.07) is 13.2. The molecule has 0 radical (unpaired) electrons. The number of nitrogens with one attached hydrogen (secondary N) is 2. The monoisotopic (exact) mass is 629 g/mol. The second-order valence-corrected chi connectivity index (χ2v) is 15.4. The summed E-state index contributed by atoms with van der Waals surface area (Å²) in [6.07, 6.45) is 9.60. The first-order valence-electron chi connectivity index (χ1n) is 16.4. The van der Waals surface area contributed by atoms with Crippen molar-refractivity contribution in [1.29, 1.82) is 0 Å². The molecule has 2 spiro atoms. The molecule has 3 fully saturated rings. The molecule has 2 heterocycles. The average molecular weight is 630 g/mol. The van der Waals surface area contributed by atoms with E-state index in [4.69, 9.17) is 9.52 Å². The van der Waals surface area contributed by atoms with Crippen LogP contribution < -0.4 is 10.0 Å². The summed E-state index contributed by atoms with van der Waals surface area (Å²) in [4.78, 5) is 21.1. The van der Waals surface area contributed by atoms with Crippen LogP contribution in [0.4, 0.5) is 5.82 Å². The zero-order chi connectivity index (χ0) is 31.4. The number of amides is 1. The second kappa shape index (κ2) is 11.4. The Kier molecular flexibility index (Phi) is 7.63. The fraction of sp³-hybridized carbons (Fsp3) is 0.514. The van der Waals surface area contributed by atoms with E-state index in [1.54, 1.807) is 26.0 Å². The summed E-state index contributed by atoms with van der Waals surface area (Å²) in [7, 11) is -3.97. The van der Waals surface area contributed by atoms with Gasteiger partial charge in [0.2, 0.25) is 0 Å². The van der Waals surface area contributed by atoms with Gasteiger partial charge in [-0.1, -0.05) is 54.9 Å². The van der Waals surface area contributed by atoms with E-state index >= 15 is 0 Å². The maximum atomic E-state index is 13.9. The predicted octanol–water partition coefficient (Wildman–Crippen LogP) is 6.50. The highest BCUT2D eigenvalue weighted by molar-refractivity contribution is 7.92. The molecule has 9 nitrogen and oxygen atoms in total. The topological polar surface area (TPSA) is 117 Å². The molecule has 3 aliphatic carbocycles. The number of aryl methyl sites for hydroxylation is 1. The fourth-order valence-electron chi connectivity index (χ4n) is 7.05. The van der Waals surface area contributed by atoms with Gasteiger partial charge in [0, 0.05) is 24.1 Å². The summed E-state index contributed by atoms with van der Waals surface area (Å²) in [5.74, 6) is 2.54. The van der Waals surface area contributed by atoms with Crippen LogP contribution in [0, 0.1) is 25.2 Å². The third kappa shape index (κ3) is 5.83. The lowest BCUT2D eigenvalue weighted by molar-refractivity contribution is -0.137. The Balaban J connectivity index is 1.20. The third-order valence-corrected chi connectivity index (χ3v) is 11.6. The number of rotatable bonds is 13. The van der Waals surface area contributed by atoms with Gasteiger partial charge in [0.1, 0.15) is 17.1 Å². The normalized spacial score (nSPS) is 19.7. The van der Waals surface area contributed by atoms with Crippen molar-refractivity contribution in [2.75, 3.05) is 11.3 Å². The molecule has 2 N–H and O–H groups in total. The lowest BCUT2D eigenvalue weighted by Crippen LogP contribution is -2.51. The Morgan fingerprint density at radius 1 is 1.07 bits per heavy atom. The van der Waals surface area contributed by atoms with Crippen molar-refractivity contribution >= 4 is 27.6 Å². The van der Waals surface area contributed by atoms with E-state index in [2.05, 4.69) is 28.2 Å². The molecule has 45 heavy (non-hydrogen) atoms. The second-order valence-electron chi connectivity index (χ2n) is 13.8. The van der Waals surface area contributed by atoms with Gasteiger partial charge in [0.25, 0.3) is 15.9 Å². The third-order valence-electron chi connectivity index (χ3n) is 10.2. The van der Waals surface area contributed by atoms with Gasteiger partial charge in [-0.3, -0.25) is 19.4 Å². The molecule has 2 aromatic carbocycles. The molecule has 1 aromatic heterocycles. The quantitative estimate of drug-likeness (QED) is 0.223. The van der Waals surface area contributed by atoms with Crippen LogP contribution in [0.1, 0.15) is 87.2 Å². The Morgan fingerprint density at radius 3 is 2.53 bits per heavy atom. The SMILES string of the molecule is CCCCC1=NC2(CC3(CC3)C2)C(=O)N1Cc1ccc(-c2ccccc2S(=O)(=O)Nc2noc(C)c2C)c(CNCC2CC2)c1. The molecule has 7 rings (SSSR count). The molecular weight excluding hydrogens is 586 g/mol. The van der Waals surface area contributed by atoms with Crippen LogP contribution in [0.3, 0.4) is 0 Å². The molecule has 4 aliphatic rings. The van der Waals surface area contributed by atoms with Crippen molar-refractivity contribution < 1.29 is 17.7 Å². The van der Waals surface area contributed by atoms with Crippen LogP contribution in [-0.2, 0) is 27.9 Å². The molecule has 3 saturated carbocycles. The number of carbonyl (C=O) groups is 1. The molecule has 0 unspecified atom stereocenters. The predicted molar refractivity (Wildman–Crippen MR) is 174 cm³/mol. The fourth-order valence-corrected chi connectivity index (χ4v) is 8.33. The zero-order valence-corrected chi connectivity index (χ0v) is 27.3. The molecule has 3 aromatic rings. The summed E-state index contributed by atoms with van der Waals surface area (Å²) in [5, 5.41) is 7.52. The van der Waals surface area contributed by atoms with Crippen molar-refractivity contribution in [1.82, 2.24) is 15.4 Å². The number of anilines is 1. The summed E-state index contributed by atoms with van der Waals surface area (Å²) < 4.78 is 35.3. The van der Waals surface area contributed by atoms with E-state index in [0.717, 1.165) is 61.2 Å². The van der Waals surface area contributed by atoms with Crippen LogP contribution >= 0.6 is 0 Å². The standard InChI is InChI=1S/C35H43N5O4S/c1-4-5-10-31-37-35(21-34(22-35)15-16-34)33(41)40(31)20-26-13-14-28(27(17-26)19-36-18-25-11-12-25)29-8-6-7-9-30(29)45(42,43)39-32-23(2)24(3)44-38-32/h6-9,13-14,17,25,36H,4-5,10-12,15-16,18-22H2,1-3H3,(H,38,39). The number of amidine groups is 1. The minimum absolute atomic E-state index is 0.157. The summed E-state index contributed by atoms with van der Waals surface area (Å²) >= 11 is 0. The van der Waals surface area contributed by atoms with E-state index in [1.807, 2.05) is 29.2 Å². The number of sulfonamides is 1. The lowest BCUT2D eigenvalue weighted by atomic mass is 9.65. The van der Waals surface area contributed by atoms with Crippen molar-refractivity contribution in [2.24, 2.45) is 16.3 Å². The van der Waals surface area contributed by atoms with Gasteiger partial charge in [0.05, 0.1) is 11.4 Å². The lowest BCUT2D eigenvalue weighted by Gasteiger charge is -2.42. The Bertz CT molecular complexity index is 1760. The number of hydrogen-bond donors (Lipinski definition) is 2. The summed E-state index contributed by atoms with van der Waals surface area (Å²) in [6.45, 7) is 7.69. The van der Waals surface area contributed by atoms with Gasteiger partial charge in [-0.25, -0.2) is 8.42 Å². The first kappa shape index (κ1) is 30.2. The van der Waals surface area contributed by atoms with E-state index in [-0.39, 0.29) is 16.6 Å². The van der Waals surface area contributed by atoms with Crippen LogP contribution in [0.5, 0.6) is 0 Å². The molecule has 0 atom stereocenters. The number of carbonyl (C=O) groups excluding carboxylic acids is 1. The number of aliphatic imine (C=N–C) groups is 1. The van der Waals surface area contributed by atoms with Crippen LogP contribution in [0.2, 0.25) is 0 Å². The molecule has 1 amide bonds. The first-order valence-corrected chi connectivity index (χ1v) is 17.9. The average Bonchev–Trinajstić information content (AvgIpc) is 3.94. The van der Waals surface area contributed by atoms with Crippen LogP contribution in [0.15, 0.2) is 56.9 Å². The van der Waals surface area contributed by atoms with Gasteiger partial charge in [0.15, 0.2) is 5.82 Å². The van der Waals surface area contributed by atoms with Gasteiger partial charge >= 0.3 is 0 Å². The maximum Gasteiger partial charge on any atom is 0.263 e. The maximum absolute atomic E-state index is 13.9. The van der Waals surface area contributed by atoms with Gasteiger partial charge in [-0.05, 0) is 99.4 Å². The van der Waals surface area contributed by atoms with E-state index in [0.29, 0.717) is 41.3 Å². The Morgan fingerprint density at radius 2 is 1.84 bits per heavy atom. The van der Waals surface area contributed by atoms with Gasteiger partial charge in [-0.15, -0.1) is 0 Å². The van der Waals surface area contributed by atoms with Crippen molar-refractivity contribution in [3.05, 3.63) is 64.9 Å². The Hall–Kier alpha value is -3.50. The largest absolute Gasteiger partial charge is 0.359 e. The van der Waals surface area contributed by atoms with Crippen LogP contribution in [0.25, 0.3) is 11.1 Å². The zero-order valence-electron chi connectivity index (χ0n) is 26.5. The van der Waals surface area contributed by atoms with Crippen molar-refractivity contribution in [3.63, 3.8) is 0 Å². The molecular formula is C35H43N5O4S. The molecule has 1 aliphatic heterocycles. The number of hydrogen-bond acceptors (Lipinski definition) is 7. The summed E-state index contributed by atoms with van der Waals surface area (Å²) in [5.41, 5.74) is 3.95. The highest BCUT2D eigenvalue weighted by Crippen LogP contribution is 2.67. The highest BCUT2D eigenvalue weighted by atomic mass is 32.2. The number of benzene rings is 2. The van der Waals surface area contributed by atoms with E-state index in [9.17, 15) is 13.2 Å². The minimum Gasteiger partial charge on any atom is -0.359 e. The van der Waals surface area contributed by atoms with Crippen molar-refractivity contribution in [2.45, 2.75) is 102 Å². The molecule has 0 bridgehead atoms. The van der Waals surface area contributed by atoms with Crippen LogP contribution in [-0.4, -0.2) is 42.3 Å². The van der Waals surface area contributed by atoms with E-state index < -0.39 is 15.6 Å². The number of nitrogens with zero attached hydrogens (tertiary/aromatic N) is 3. The minimum atomic E-state index is -3.97. The smallest absolute Gasteiger partial charge is 0.263 e. The van der Waals surface area contributed by atoms with Crippen molar-refractivity contribution in [3.8, 4) is 11.1 Å². The molecule has 0 saturated heterocycles.